The first-order valence-corrected chi connectivity index (χ1v) is 5.62. The summed E-state index contributed by atoms with van der Waals surface area (Å²) in [7, 11) is 1.99. The number of hydrogen-bond acceptors (Lipinski definition) is 4. The maximum absolute atomic E-state index is 11.6. The van der Waals surface area contributed by atoms with Crippen LogP contribution in [0.25, 0.3) is 0 Å². The highest BCUT2D eigenvalue weighted by molar-refractivity contribution is 5.76. The van der Waals surface area contributed by atoms with E-state index >= 15 is 0 Å². The van der Waals surface area contributed by atoms with Crippen LogP contribution in [0.1, 0.15) is 27.7 Å². The Kier molecular flexibility index (Phi) is 7.34. The van der Waals surface area contributed by atoms with Crippen molar-refractivity contribution in [3.63, 3.8) is 0 Å². The SMILES string of the molecule is CCOC(=O)C(CN(C)CC)NC(C)C. The van der Waals surface area contributed by atoms with E-state index in [2.05, 4.69) is 17.1 Å². The van der Waals surface area contributed by atoms with Crippen LogP contribution in [0, 0.1) is 0 Å². The van der Waals surface area contributed by atoms with Gasteiger partial charge in [-0.1, -0.05) is 20.8 Å². The Morgan fingerprint density at radius 2 is 2.00 bits per heavy atom. The van der Waals surface area contributed by atoms with E-state index in [1.54, 1.807) is 0 Å². The predicted octanol–water partition coefficient (Wildman–Crippen LogP) is 0.868. The van der Waals surface area contributed by atoms with Gasteiger partial charge in [0.25, 0.3) is 0 Å². The van der Waals surface area contributed by atoms with Crippen molar-refractivity contribution >= 4 is 5.97 Å². The number of ether oxygens (including phenoxy) is 1. The second-order valence-electron chi connectivity index (χ2n) is 3.98. The quantitative estimate of drug-likeness (QED) is 0.641. The number of carbonyl (C=O) groups excluding carboxylic acids is 1. The van der Waals surface area contributed by atoms with Crippen molar-refractivity contribution in [2.24, 2.45) is 0 Å². The van der Waals surface area contributed by atoms with E-state index in [0.717, 1.165) is 6.54 Å². The molecular weight excluding hydrogens is 192 g/mol. The Balaban J connectivity index is 4.23. The monoisotopic (exact) mass is 216 g/mol. The molecule has 90 valence electrons. The van der Waals surface area contributed by atoms with Crippen molar-refractivity contribution in [1.29, 1.82) is 0 Å². The highest BCUT2D eigenvalue weighted by Crippen LogP contribution is 1.96. The van der Waals surface area contributed by atoms with E-state index in [9.17, 15) is 4.79 Å². The van der Waals surface area contributed by atoms with Crippen molar-refractivity contribution in [3.8, 4) is 0 Å². The van der Waals surface area contributed by atoms with E-state index in [4.69, 9.17) is 4.74 Å². The zero-order chi connectivity index (χ0) is 11.8. The molecule has 4 heteroatoms. The number of likely N-dealkylation sites (N-methyl/N-ethyl adjacent to an activating group) is 1. The first kappa shape index (κ1) is 14.4. The maximum Gasteiger partial charge on any atom is 0.324 e. The van der Waals surface area contributed by atoms with Gasteiger partial charge >= 0.3 is 5.97 Å². The molecule has 0 aromatic carbocycles. The highest BCUT2D eigenvalue weighted by atomic mass is 16.5. The van der Waals surface area contributed by atoms with Gasteiger partial charge in [-0.15, -0.1) is 0 Å². The van der Waals surface area contributed by atoms with Crippen LogP contribution in [0.5, 0.6) is 0 Å². The molecule has 0 aromatic heterocycles. The molecule has 1 N–H and O–H groups in total. The molecular formula is C11H24N2O2. The van der Waals surface area contributed by atoms with Crippen molar-refractivity contribution < 1.29 is 9.53 Å². The van der Waals surface area contributed by atoms with Crippen molar-refractivity contribution in [1.82, 2.24) is 10.2 Å². The molecule has 0 radical (unpaired) electrons. The maximum atomic E-state index is 11.6. The Hall–Kier alpha value is -0.610. The minimum atomic E-state index is -0.227. The first-order chi connectivity index (χ1) is 7.01. The van der Waals surface area contributed by atoms with Gasteiger partial charge < -0.3 is 15.0 Å². The fourth-order valence-electron chi connectivity index (χ4n) is 1.28. The molecule has 1 atom stereocenters. The summed E-state index contributed by atoms with van der Waals surface area (Å²) in [6.07, 6.45) is 0. The normalized spacial score (nSPS) is 13.3. The predicted molar refractivity (Wildman–Crippen MR) is 61.9 cm³/mol. The highest BCUT2D eigenvalue weighted by Gasteiger charge is 2.21. The molecule has 0 aliphatic rings. The summed E-state index contributed by atoms with van der Waals surface area (Å²) >= 11 is 0. The molecule has 0 saturated heterocycles. The molecule has 0 fully saturated rings. The molecule has 0 aromatic rings. The summed E-state index contributed by atoms with van der Waals surface area (Å²) in [4.78, 5) is 13.7. The summed E-state index contributed by atoms with van der Waals surface area (Å²) in [6, 6.07) is 0.0552. The van der Waals surface area contributed by atoms with Crippen molar-refractivity contribution in [2.45, 2.75) is 39.8 Å². The molecule has 1 unspecified atom stereocenters. The Morgan fingerprint density at radius 3 is 2.40 bits per heavy atom. The van der Waals surface area contributed by atoms with Gasteiger partial charge in [0.15, 0.2) is 0 Å². The van der Waals surface area contributed by atoms with E-state index in [1.165, 1.54) is 0 Å². The molecule has 0 heterocycles. The van der Waals surface area contributed by atoms with Crippen LogP contribution in [0.3, 0.4) is 0 Å². The van der Waals surface area contributed by atoms with E-state index in [1.807, 2.05) is 27.8 Å². The summed E-state index contributed by atoms with van der Waals surface area (Å²) in [5.41, 5.74) is 0. The zero-order valence-electron chi connectivity index (χ0n) is 10.5. The molecule has 0 rings (SSSR count). The second-order valence-corrected chi connectivity index (χ2v) is 3.98. The lowest BCUT2D eigenvalue weighted by Crippen LogP contribution is -2.48. The smallest absolute Gasteiger partial charge is 0.324 e. The largest absolute Gasteiger partial charge is 0.465 e. The average Bonchev–Trinajstić information content (AvgIpc) is 2.16. The standard InChI is InChI=1S/C11H24N2O2/c1-6-13(5)8-10(12-9(3)4)11(14)15-7-2/h9-10,12H,6-8H2,1-5H3. The minimum Gasteiger partial charge on any atom is -0.465 e. The Labute approximate surface area is 93.0 Å². The van der Waals surface area contributed by atoms with Gasteiger partial charge in [-0.2, -0.15) is 0 Å². The molecule has 15 heavy (non-hydrogen) atoms. The van der Waals surface area contributed by atoms with Crippen LogP contribution in [-0.4, -0.2) is 49.7 Å². The van der Waals surface area contributed by atoms with Gasteiger partial charge in [-0.3, -0.25) is 4.79 Å². The number of carbonyl (C=O) groups is 1. The van der Waals surface area contributed by atoms with Crippen LogP contribution in [0.2, 0.25) is 0 Å². The molecule has 4 nitrogen and oxygen atoms in total. The minimum absolute atomic E-state index is 0.161. The van der Waals surface area contributed by atoms with Crippen LogP contribution < -0.4 is 5.32 Å². The van der Waals surface area contributed by atoms with Crippen LogP contribution in [0.4, 0.5) is 0 Å². The summed E-state index contributed by atoms with van der Waals surface area (Å²) in [5.74, 6) is -0.161. The van der Waals surface area contributed by atoms with Crippen molar-refractivity contribution in [2.75, 3.05) is 26.7 Å². The fourth-order valence-corrected chi connectivity index (χ4v) is 1.28. The van der Waals surface area contributed by atoms with Gasteiger partial charge in [-0.05, 0) is 20.5 Å². The lowest BCUT2D eigenvalue weighted by atomic mass is 10.2. The molecule has 0 bridgehead atoms. The number of nitrogens with one attached hydrogen (secondary N) is 1. The lowest BCUT2D eigenvalue weighted by Gasteiger charge is -2.24. The van der Waals surface area contributed by atoms with Gasteiger partial charge in [-0.25, -0.2) is 0 Å². The first-order valence-electron chi connectivity index (χ1n) is 5.62. The second kappa shape index (κ2) is 7.65. The molecule has 0 amide bonds. The summed E-state index contributed by atoms with van der Waals surface area (Å²) < 4.78 is 5.02. The van der Waals surface area contributed by atoms with E-state index < -0.39 is 0 Å². The van der Waals surface area contributed by atoms with Crippen LogP contribution >= 0.6 is 0 Å². The van der Waals surface area contributed by atoms with Gasteiger partial charge in [0.2, 0.25) is 0 Å². The van der Waals surface area contributed by atoms with Crippen LogP contribution in [0.15, 0.2) is 0 Å². The third kappa shape index (κ3) is 6.47. The van der Waals surface area contributed by atoms with E-state index in [0.29, 0.717) is 13.2 Å². The zero-order valence-corrected chi connectivity index (χ0v) is 10.5. The fraction of sp³-hybridized carbons (Fsp3) is 0.909. The summed E-state index contributed by atoms with van der Waals surface area (Å²) in [5, 5.41) is 3.21. The van der Waals surface area contributed by atoms with Gasteiger partial charge in [0.05, 0.1) is 6.61 Å². The molecule has 0 aliphatic heterocycles. The van der Waals surface area contributed by atoms with Gasteiger partial charge in [0, 0.05) is 12.6 Å². The third-order valence-corrected chi connectivity index (χ3v) is 2.14. The number of esters is 1. The Bertz CT molecular complexity index is 183. The number of nitrogens with zero attached hydrogens (tertiary/aromatic N) is 1. The topological polar surface area (TPSA) is 41.6 Å². The third-order valence-electron chi connectivity index (χ3n) is 2.14. The molecule has 0 aliphatic carbocycles. The summed E-state index contributed by atoms with van der Waals surface area (Å²) in [6.45, 7) is 10.00. The molecule has 0 spiro atoms. The lowest BCUT2D eigenvalue weighted by molar-refractivity contribution is -0.146. The van der Waals surface area contributed by atoms with Gasteiger partial charge in [0.1, 0.15) is 6.04 Å². The van der Waals surface area contributed by atoms with Crippen molar-refractivity contribution in [3.05, 3.63) is 0 Å². The van der Waals surface area contributed by atoms with Crippen LogP contribution in [-0.2, 0) is 9.53 Å². The van der Waals surface area contributed by atoms with E-state index in [-0.39, 0.29) is 18.1 Å². The Morgan fingerprint density at radius 1 is 1.40 bits per heavy atom. The molecule has 0 saturated carbocycles. The number of rotatable bonds is 7. The number of hydrogen-bond donors (Lipinski definition) is 1. The average molecular weight is 216 g/mol.